The third-order valence-corrected chi connectivity index (χ3v) is 1.81. The van der Waals surface area contributed by atoms with E-state index in [0.717, 1.165) is 0 Å². The Bertz CT molecular complexity index is 291. The van der Waals surface area contributed by atoms with Crippen molar-refractivity contribution >= 4 is 17.4 Å². The summed E-state index contributed by atoms with van der Waals surface area (Å²) in [6, 6.07) is 0. The molecule has 5 heteroatoms. The summed E-state index contributed by atoms with van der Waals surface area (Å²) in [6.07, 6.45) is 3.76. The van der Waals surface area contributed by atoms with Crippen LogP contribution < -0.4 is 5.32 Å². The summed E-state index contributed by atoms with van der Waals surface area (Å²) < 4.78 is 25.1. The van der Waals surface area contributed by atoms with Gasteiger partial charge in [0.15, 0.2) is 0 Å². The van der Waals surface area contributed by atoms with Crippen LogP contribution in [-0.4, -0.2) is 18.3 Å². The number of Topliss-reactive ketones (excluding diaryl/α,β-unsaturated/α-hetero) is 1. The minimum atomic E-state index is -3.40. The van der Waals surface area contributed by atoms with E-state index in [-0.39, 0.29) is 10.7 Å². The van der Waals surface area contributed by atoms with Gasteiger partial charge in [0.25, 0.3) is 0 Å². The fourth-order valence-corrected chi connectivity index (χ4v) is 1.05. The lowest BCUT2D eigenvalue weighted by Crippen LogP contribution is -2.29. The maximum Gasteiger partial charge on any atom is 0.307 e. The van der Waals surface area contributed by atoms with Crippen molar-refractivity contribution in [3.8, 4) is 0 Å². The van der Waals surface area contributed by atoms with Gasteiger partial charge in [-0.05, 0) is 12.2 Å². The van der Waals surface area contributed by atoms with Gasteiger partial charge < -0.3 is 5.32 Å². The van der Waals surface area contributed by atoms with Gasteiger partial charge in [-0.1, -0.05) is 11.6 Å². The Kier molecular flexibility index (Phi) is 2.71. The first-order valence-corrected chi connectivity index (χ1v) is 3.93. The molecule has 0 bridgehead atoms. The second-order valence-corrected chi connectivity index (χ2v) is 3.03. The SMILES string of the molecule is CC(F)(F)C(=O)C1=C(Cl)NC[C]=C1. The van der Waals surface area contributed by atoms with E-state index >= 15 is 0 Å². The molecule has 0 fully saturated rings. The monoisotopic (exact) mass is 206 g/mol. The molecule has 0 aliphatic carbocycles. The van der Waals surface area contributed by atoms with Crippen LogP contribution in [-0.2, 0) is 4.79 Å². The van der Waals surface area contributed by atoms with E-state index in [1.165, 1.54) is 6.08 Å². The van der Waals surface area contributed by atoms with Gasteiger partial charge in [-0.3, -0.25) is 4.79 Å². The Morgan fingerprint density at radius 3 is 2.85 bits per heavy atom. The highest BCUT2D eigenvalue weighted by Gasteiger charge is 2.35. The Labute approximate surface area is 79.3 Å². The molecule has 0 saturated heterocycles. The number of hydrogen-bond donors (Lipinski definition) is 1. The number of rotatable bonds is 2. The molecule has 0 unspecified atom stereocenters. The summed E-state index contributed by atoms with van der Waals surface area (Å²) >= 11 is 5.53. The molecule has 1 aliphatic rings. The molecule has 1 N–H and O–H groups in total. The molecule has 0 aromatic heterocycles. The summed E-state index contributed by atoms with van der Waals surface area (Å²) in [7, 11) is 0. The van der Waals surface area contributed by atoms with Crippen LogP contribution in [0, 0.1) is 6.08 Å². The summed E-state index contributed by atoms with van der Waals surface area (Å²) in [4.78, 5) is 11.0. The number of ketones is 1. The van der Waals surface area contributed by atoms with Crippen molar-refractivity contribution in [1.82, 2.24) is 5.32 Å². The third-order valence-electron chi connectivity index (χ3n) is 1.47. The van der Waals surface area contributed by atoms with Gasteiger partial charge in [-0.2, -0.15) is 8.78 Å². The van der Waals surface area contributed by atoms with E-state index in [1.54, 1.807) is 0 Å². The van der Waals surface area contributed by atoms with Gasteiger partial charge in [0, 0.05) is 13.5 Å². The molecule has 1 heterocycles. The molecule has 71 valence electrons. The number of halogens is 3. The average molecular weight is 207 g/mol. The predicted molar refractivity (Wildman–Crippen MR) is 44.3 cm³/mol. The number of dihydropyridines is 1. The number of nitrogens with one attached hydrogen (secondary N) is 1. The molecule has 2 nitrogen and oxygen atoms in total. The van der Waals surface area contributed by atoms with Crippen LogP contribution in [0.25, 0.3) is 0 Å². The zero-order chi connectivity index (χ0) is 10.1. The summed E-state index contributed by atoms with van der Waals surface area (Å²) in [5.41, 5.74) is -0.222. The third kappa shape index (κ3) is 2.28. The molecule has 0 aromatic rings. The Morgan fingerprint density at radius 1 is 1.77 bits per heavy atom. The van der Waals surface area contributed by atoms with Crippen LogP contribution in [0.15, 0.2) is 16.8 Å². The van der Waals surface area contributed by atoms with Gasteiger partial charge in [-0.25, -0.2) is 0 Å². The van der Waals surface area contributed by atoms with Crippen LogP contribution in [0.1, 0.15) is 6.92 Å². The highest BCUT2D eigenvalue weighted by Crippen LogP contribution is 2.22. The molecule has 13 heavy (non-hydrogen) atoms. The zero-order valence-electron chi connectivity index (χ0n) is 6.83. The van der Waals surface area contributed by atoms with Crippen molar-refractivity contribution < 1.29 is 13.6 Å². The number of hydrogen-bond acceptors (Lipinski definition) is 2. The van der Waals surface area contributed by atoms with E-state index < -0.39 is 11.7 Å². The van der Waals surface area contributed by atoms with Gasteiger partial charge in [0.05, 0.1) is 5.57 Å². The first-order chi connectivity index (χ1) is 5.93. The molecule has 1 radical (unpaired) electrons. The Hall–Kier alpha value is -0.900. The molecule has 1 aliphatic heterocycles. The molecule has 0 aromatic carbocycles. The molecule has 0 atom stereocenters. The molecule has 1 rings (SSSR count). The molecular formula is C8H7ClF2NO. The molecule has 0 amide bonds. The highest BCUT2D eigenvalue weighted by molar-refractivity contribution is 6.32. The van der Waals surface area contributed by atoms with Crippen molar-refractivity contribution in [1.29, 1.82) is 0 Å². The first-order valence-electron chi connectivity index (χ1n) is 3.56. The van der Waals surface area contributed by atoms with Crippen LogP contribution in [0.5, 0.6) is 0 Å². The fourth-order valence-electron chi connectivity index (χ4n) is 0.842. The van der Waals surface area contributed by atoms with Crippen molar-refractivity contribution in [3.63, 3.8) is 0 Å². The highest BCUT2D eigenvalue weighted by atomic mass is 35.5. The fraction of sp³-hybridized carbons (Fsp3) is 0.375. The maximum atomic E-state index is 12.6. The zero-order valence-corrected chi connectivity index (χ0v) is 7.58. The quantitative estimate of drug-likeness (QED) is 0.696. The first kappa shape index (κ1) is 10.2. The van der Waals surface area contributed by atoms with Crippen LogP contribution in [0.3, 0.4) is 0 Å². The smallest absolute Gasteiger partial charge is 0.307 e. The van der Waals surface area contributed by atoms with Gasteiger partial charge in [0.2, 0.25) is 5.78 Å². The van der Waals surface area contributed by atoms with E-state index in [9.17, 15) is 13.6 Å². The summed E-state index contributed by atoms with van der Waals surface area (Å²) in [5.74, 6) is -4.69. The second-order valence-electron chi connectivity index (χ2n) is 2.65. The van der Waals surface area contributed by atoms with E-state index in [2.05, 4.69) is 11.4 Å². The van der Waals surface area contributed by atoms with E-state index in [1.807, 2.05) is 0 Å². The van der Waals surface area contributed by atoms with Crippen molar-refractivity contribution in [2.75, 3.05) is 6.54 Å². The number of alkyl halides is 2. The molecule has 0 saturated carbocycles. The lowest BCUT2D eigenvalue weighted by Gasteiger charge is -2.14. The average Bonchev–Trinajstić information content (AvgIpc) is 2.02. The minimum Gasteiger partial charge on any atom is -0.371 e. The van der Waals surface area contributed by atoms with Gasteiger partial charge >= 0.3 is 5.92 Å². The van der Waals surface area contributed by atoms with Crippen LogP contribution in [0.2, 0.25) is 0 Å². The molecular weight excluding hydrogens is 200 g/mol. The number of carbonyl (C=O) groups excluding carboxylic acids is 1. The van der Waals surface area contributed by atoms with Crippen molar-refractivity contribution in [2.24, 2.45) is 0 Å². The number of carbonyl (C=O) groups is 1. The Morgan fingerprint density at radius 2 is 2.38 bits per heavy atom. The van der Waals surface area contributed by atoms with Crippen LogP contribution in [0.4, 0.5) is 8.78 Å². The van der Waals surface area contributed by atoms with Gasteiger partial charge in [0.1, 0.15) is 5.16 Å². The Balaban J connectivity index is 2.95. The topological polar surface area (TPSA) is 29.1 Å². The summed E-state index contributed by atoms with van der Waals surface area (Å²) in [5, 5.41) is 2.48. The second kappa shape index (κ2) is 3.46. The van der Waals surface area contributed by atoms with Crippen molar-refractivity contribution in [2.45, 2.75) is 12.8 Å². The molecule has 0 spiro atoms. The predicted octanol–water partition coefficient (Wildman–Crippen LogP) is 1.62. The minimum absolute atomic E-state index is 0.0507. The van der Waals surface area contributed by atoms with Crippen molar-refractivity contribution in [3.05, 3.63) is 22.9 Å². The number of allylic oxidation sites excluding steroid dienone is 2. The van der Waals surface area contributed by atoms with E-state index in [0.29, 0.717) is 13.5 Å². The van der Waals surface area contributed by atoms with E-state index in [4.69, 9.17) is 11.6 Å². The lowest BCUT2D eigenvalue weighted by molar-refractivity contribution is -0.136. The maximum absolute atomic E-state index is 12.6. The normalized spacial score (nSPS) is 17.2. The largest absolute Gasteiger partial charge is 0.371 e. The van der Waals surface area contributed by atoms with Gasteiger partial charge in [-0.15, -0.1) is 0 Å². The lowest BCUT2D eigenvalue weighted by atomic mass is 10.1. The standard InChI is InChI=1S/C8H7ClF2NO/c1-8(10,11)6(13)5-3-2-4-12-7(5)9/h3,12H,4H2,1H3. The van der Waals surface area contributed by atoms with Crippen LogP contribution >= 0.6 is 11.6 Å². The summed E-state index contributed by atoms with van der Waals surface area (Å²) in [6.45, 7) is 0.861.